The highest BCUT2D eigenvalue weighted by Crippen LogP contribution is 2.37. The molecule has 9 nitrogen and oxygen atoms in total. The molecule has 2 atom stereocenters. The van der Waals surface area contributed by atoms with E-state index in [0.29, 0.717) is 4.31 Å². The number of alkyl halides is 2. The fourth-order valence-corrected chi connectivity index (χ4v) is 7.62. The van der Waals surface area contributed by atoms with E-state index in [9.17, 15) is 40.6 Å². The molecule has 0 bridgehead atoms. The maximum absolute atomic E-state index is 13.5. The van der Waals surface area contributed by atoms with Crippen molar-refractivity contribution in [2.75, 3.05) is 26.3 Å². The standard InChI is InChI=1S/C20H20ClF2NO8S2/c21-13-3-6-17(15(7-13)19(22)23)34(31,32)24-8-18(20(28,10-24)11-26)33(29,30)14-4-1-12(2-5-14)16(27)9-25/h1-7,18-19,25-26,28H,8-11H2/t18-,20+/m0/s1. The van der Waals surface area contributed by atoms with Crippen molar-refractivity contribution in [1.29, 1.82) is 0 Å². The fourth-order valence-electron chi connectivity index (χ4n) is 3.70. The van der Waals surface area contributed by atoms with Crippen LogP contribution in [0.1, 0.15) is 22.3 Å². The number of sulfonamides is 1. The zero-order valence-electron chi connectivity index (χ0n) is 17.3. The van der Waals surface area contributed by atoms with E-state index in [2.05, 4.69) is 0 Å². The summed E-state index contributed by atoms with van der Waals surface area (Å²) in [5.41, 5.74) is -3.31. The lowest BCUT2D eigenvalue weighted by Crippen LogP contribution is -2.49. The van der Waals surface area contributed by atoms with Crippen molar-refractivity contribution in [3.8, 4) is 0 Å². The highest BCUT2D eigenvalue weighted by molar-refractivity contribution is 7.92. The fraction of sp³-hybridized carbons (Fsp3) is 0.350. The molecule has 1 aliphatic rings. The van der Waals surface area contributed by atoms with Crippen LogP contribution >= 0.6 is 11.6 Å². The Morgan fingerprint density at radius 3 is 2.26 bits per heavy atom. The minimum absolute atomic E-state index is 0.0248. The van der Waals surface area contributed by atoms with E-state index >= 15 is 0 Å². The van der Waals surface area contributed by atoms with E-state index in [1.807, 2.05) is 0 Å². The number of hydrogen-bond donors (Lipinski definition) is 3. The average Bonchev–Trinajstić information content (AvgIpc) is 3.18. The van der Waals surface area contributed by atoms with E-state index in [0.717, 1.165) is 42.5 Å². The molecule has 3 rings (SSSR count). The van der Waals surface area contributed by atoms with Crippen LogP contribution in [0.25, 0.3) is 0 Å². The van der Waals surface area contributed by atoms with Crippen molar-refractivity contribution < 1.29 is 45.7 Å². The Morgan fingerprint density at radius 2 is 1.74 bits per heavy atom. The van der Waals surface area contributed by atoms with Gasteiger partial charge >= 0.3 is 0 Å². The second-order valence-corrected chi connectivity index (χ2v) is 12.2. The molecule has 186 valence electrons. The summed E-state index contributed by atoms with van der Waals surface area (Å²) in [5.74, 6) is -0.660. The summed E-state index contributed by atoms with van der Waals surface area (Å²) < 4.78 is 80.2. The van der Waals surface area contributed by atoms with Crippen LogP contribution in [0.15, 0.2) is 52.3 Å². The van der Waals surface area contributed by atoms with E-state index in [-0.39, 0.29) is 15.5 Å². The zero-order valence-corrected chi connectivity index (χ0v) is 19.7. The summed E-state index contributed by atoms with van der Waals surface area (Å²) in [6.45, 7) is -3.63. The number of carbonyl (C=O) groups excluding carboxylic acids is 1. The van der Waals surface area contributed by atoms with E-state index < -0.39 is 79.7 Å². The molecule has 2 aromatic carbocycles. The van der Waals surface area contributed by atoms with Crippen molar-refractivity contribution in [3.63, 3.8) is 0 Å². The second-order valence-electron chi connectivity index (χ2n) is 7.68. The molecule has 0 radical (unpaired) electrons. The third kappa shape index (κ3) is 4.73. The van der Waals surface area contributed by atoms with Gasteiger partial charge in [-0.25, -0.2) is 25.6 Å². The molecule has 0 unspecified atom stereocenters. The van der Waals surface area contributed by atoms with Crippen LogP contribution in [0.5, 0.6) is 0 Å². The van der Waals surface area contributed by atoms with Gasteiger partial charge in [0.05, 0.1) is 16.4 Å². The van der Waals surface area contributed by atoms with Gasteiger partial charge in [0.15, 0.2) is 15.6 Å². The van der Waals surface area contributed by atoms with Crippen molar-refractivity contribution >= 4 is 37.2 Å². The van der Waals surface area contributed by atoms with Crippen molar-refractivity contribution in [3.05, 3.63) is 58.6 Å². The number of halogens is 3. The Bertz CT molecular complexity index is 1300. The Kier molecular flexibility index (Phi) is 7.49. The smallest absolute Gasteiger partial charge is 0.265 e. The van der Waals surface area contributed by atoms with Crippen molar-refractivity contribution in [2.45, 2.75) is 27.1 Å². The Hall–Kier alpha value is -2.00. The molecule has 0 aromatic heterocycles. The number of sulfone groups is 1. The molecule has 0 aliphatic carbocycles. The van der Waals surface area contributed by atoms with Crippen LogP contribution < -0.4 is 0 Å². The van der Waals surface area contributed by atoms with E-state index in [4.69, 9.17) is 16.7 Å². The Balaban J connectivity index is 2.02. The molecule has 14 heteroatoms. The van der Waals surface area contributed by atoms with Gasteiger partial charge in [0.1, 0.15) is 17.5 Å². The van der Waals surface area contributed by atoms with Crippen LogP contribution in [0, 0.1) is 0 Å². The summed E-state index contributed by atoms with van der Waals surface area (Å²) in [6, 6.07) is 7.07. The topological polar surface area (TPSA) is 149 Å². The van der Waals surface area contributed by atoms with E-state index in [1.54, 1.807) is 0 Å². The van der Waals surface area contributed by atoms with Gasteiger partial charge in [0.25, 0.3) is 6.43 Å². The first kappa shape index (κ1) is 26.6. The summed E-state index contributed by atoms with van der Waals surface area (Å²) in [5, 5.41) is 27.5. The molecule has 3 N–H and O–H groups in total. The number of hydrogen-bond acceptors (Lipinski definition) is 8. The maximum atomic E-state index is 13.5. The Morgan fingerprint density at radius 1 is 1.12 bits per heavy atom. The Labute approximate surface area is 199 Å². The van der Waals surface area contributed by atoms with Crippen LogP contribution in [-0.4, -0.2) is 79.4 Å². The van der Waals surface area contributed by atoms with Crippen LogP contribution in [0.4, 0.5) is 8.78 Å². The first-order valence-corrected chi connectivity index (χ1v) is 13.0. The molecule has 0 amide bonds. The predicted molar refractivity (Wildman–Crippen MR) is 116 cm³/mol. The number of Topliss-reactive ketones (excluding diaryl/α,β-unsaturated/α-hetero) is 1. The maximum Gasteiger partial charge on any atom is 0.265 e. The molecule has 1 fully saturated rings. The number of aliphatic hydroxyl groups excluding tert-OH is 2. The largest absolute Gasteiger partial charge is 0.393 e. The highest BCUT2D eigenvalue weighted by atomic mass is 35.5. The number of ketones is 1. The minimum Gasteiger partial charge on any atom is -0.393 e. The summed E-state index contributed by atoms with van der Waals surface area (Å²) >= 11 is 5.70. The molecule has 34 heavy (non-hydrogen) atoms. The molecule has 0 spiro atoms. The number of benzene rings is 2. The van der Waals surface area contributed by atoms with Crippen molar-refractivity contribution in [2.24, 2.45) is 0 Å². The van der Waals surface area contributed by atoms with Crippen LogP contribution in [0.2, 0.25) is 5.02 Å². The summed E-state index contributed by atoms with van der Waals surface area (Å²) in [6.07, 6.45) is -3.21. The number of β-amino-alcohol motifs (C(OH)–C–C–N with tert-alkyl or cyclic N) is 1. The quantitative estimate of drug-likeness (QED) is 0.421. The van der Waals surface area contributed by atoms with E-state index in [1.165, 1.54) is 0 Å². The summed E-state index contributed by atoms with van der Waals surface area (Å²) in [4.78, 5) is 10.4. The third-order valence-corrected chi connectivity index (χ3v) is 9.93. The molecular formula is C20H20ClF2NO8S2. The van der Waals surface area contributed by atoms with Gasteiger partial charge < -0.3 is 15.3 Å². The second kappa shape index (κ2) is 9.57. The third-order valence-electron chi connectivity index (χ3n) is 5.54. The molecule has 0 saturated carbocycles. The SMILES string of the molecule is O=C(CO)c1ccc(S(=O)(=O)[C@H]2CN(S(=O)(=O)c3ccc(Cl)cc3C(F)F)C[C@@]2(O)CO)cc1. The van der Waals surface area contributed by atoms with Crippen molar-refractivity contribution in [1.82, 2.24) is 4.31 Å². The van der Waals surface area contributed by atoms with Gasteiger partial charge in [-0.3, -0.25) is 4.79 Å². The first-order chi connectivity index (χ1) is 15.8. The van der Waals surface area contributed by atoms with Gasteiger partial charge in [-0.05, 0) is 30.3 Å². The molecule has 1 aliphatic heterocycles. The number of carbonyl (C=O) groups is 1. The summed E-state index contributed by atoms with van der Waals surface area (Å²) in [7, 11) is -9.20. The number of nitrogens with zero attached hydrogens (tertiary/aromatic N) is 1. The molecule has 1 saturated heterocycles. The normalized spacial score (nSPS) is 21.8. The zero-order chi connectivity index (χ0) is 25.5. The van der Waals surface area contributed by atoms with Crippen LogP contribution in [0.3, 0.4) is 0 Å². The molecule has 2 aromatic rings. The lowest BCUT2D eigenvalue weighted by atomic mass is 10.1. The predicted octanol–water partition coefficient (Wildman–Crippen LogP) is 1.02. The van der Waals surface area contributed by atoms with Gasteiger partial charge in [-0.15, -0.1) is 0 Å². The van der Waals surface area contributed by atoms with Gasteiger partial charge in [-0.1, -0.05) is 23.7 Å². The molecular weight excluding hydrogens is 520 g/mol. The lowest BCUT2D eigenvalue weighted by molar-refractivity contribution is 0.00159. The minimum atomic E-state index is -4.72. The van der Waals surface area contributed by atoms with Gasteiger partial charge in [-0.2, -0.15) is 4.31 Å². The van der Waals surface area contributed by atoms with Gasteiger partial charge in [0, 0.05) is 29.2 Å². The van der Waals surface area contributed by atoms with Crippen LogP contribution in [-0.2, 0) is 19.9 Å². The number of rotatable bonds is 8. The number of aliphatic hydroxyl groups is 3. The average molecular weight is 540 g/mol. The molecule has 1 heterocycles. The van der Waals surface area contributed by atoms with Gasteiger partial charge in [0.2, 0.25) is 10.0 Å². The highest BCUT2D eigenvalue weighted by Gasteiger charge is 2.55. The lowest BCUT2D eigenvalue weighted by Gasteiger charge is -2.26. The first-order valence-electron chi connectivity index (χ1n) is 9.67. The monoisotopic (exact) mass is 539 g/mol.